The number of hydrogen-bond donors (Lipinski definition) is 1. The van der Waals surface area contributed by atoms with Crippen molar-refractivity contribution in [2.24, 2.45) is 0 Å². The highest BCUT2D eigenvalue weighted by atomic mass is 16.5. The van der Waals surface area contributed by atoms with E-state index in [9.17, 15) is 4.79 Å². The molecule has 1 aromatic carbocycles. The Kier molecular flexibility index (Phi) is 6.64. The summed E-state index contributed by atoms with van der Waals surface area (Å²) < 4.78 is 11.0. The average molecular weight is 308 g/mol. The second-order valence-corrected chi connectivity index (χ2v) is 5.44. The topological polar surface area (TPSA) is 62.2 Å². The summed E-state index contributed by atoms with van der Waals surface area (Å²) in [5.41, 5.74) is 0.273. The van der Waals surface area contributed by atoms with Crippen LogP contribution in [0.15, 0.2) is 24.3 Å². The Morgan fingerprint density at radius 1 is 1.27 bits per heavy atom. The van der Waals surface area contributed by atoms with Gasteiger partial charge in [-0.3, -0.25) is 4.90 Å². The van der Waals surface area contributed by atoms with Crippen molar-refractivity contribution in [2.45, 2.75) is 0 Å². The van der Waals surface area contributed by atoms with Gasteiger partial charge in [-0.15, -0.1) is 0 Å². The summed E-state index contributed by atoms with van der Waals surface area (Å²) in [5, 5.41) is 8.83. The minimum Gasteiger partial charge on any atom is -0.492 e. The zero-order valence-corrected chi connectivity index (χ0v) is 13.0. The van der Waals surface area contributed by atoms with E-state index in [1.165, 1.54) is 0 Å². The summed E-state index contributed by atoms with van der Waals surface area (Å²) in [6.45, 7) is 7.17. The van der Waals surface area contributed by atoms with Crippen LogP contribution in [0.1, 0.15) is 10.4 Å². The number of rotatable bonds is 8. The van der Waals surface area contributed by atoms with Crippen LogP contribution >= 0.6 is 0 Å². The lowest BCUT2D eigenvalue weighted by Crippen LogP contribution is -2.41. The normalized spacial score (nSPS) is 15.9. The number of nitrogens with zero attached hydrogens (tertiary/aromatic N) is 2. The summed E-state index contributed by atoms with van der Waals surface area (Å²) in [5.74, 6) is -0.221. The number of carbonyl (C=O) groups is 1. The van der Waals surface area contributed by atoms with Gasteiger partial charge in [0.2, 0.25) is 0 Å². The molecule has 0 unspecified atom stereocenters. The molecule has 0 aromatic heterocycles. The number of hydrogen-bond acceptors (Lipinski definition) is 5. The molecule has 1 N–H and O–H groups in total. The molecule has 6 nitrogen and oxygen atoms in total. The Morgan fingerprint density at radius 3 is 2.59 bits per heavy atom. The molecule has 2 rings (SSSR count). The molecule has 0 amide bonds. The quantitative estimate of drug-likeness (QED) is 0.774. The smallest absolute Gasteiger partial charge is 0.335 e. The van der Waals surface area contributed by atoms with Gasteiger partial charge < -0.3 is 19.5 Å². The van der Waals surface area contributed by atoms with E-state index in [4.69, 9.17) is 14.6 Å². The standard InChI is InChI=1S/C16H24N2O4/c1-17(6-7-18-9-11-21-12-10-18)8-13-22-15-4-2-14(3-5-15)16(19)20/h2-5H,6-13H2,1H3,(H,19,20). The predicted octanol–water partition coefficient (Wildman–Crippen LogP) is 1.03. The van der Waals surface area contributed by atoms with Crippen molar-refractivity contribution in [3.8, 4) is 5.75 Å². The molecule has 1 aliphatic rings. The van der Waals surface area contributed by atoms with E-state index < -0.39 is 5.97 Å². The summed E-state index contributed by atoms with van der Waals surface area (Å²) in [6.07, 6.45) is 0. The molecule has 122 valence electrons. The first-order chi connectivity index (χ1) is 10.6. The molecule has 0 bridgehead atoms. The number of carboxylic acid groups (broad SMARTS) is 1. The van der Waals surface area contributed by atoms with Crippen molar-refractivity contribution in [3.63, 3.8) is 0 Å². The van der Waals surface area contributed by atoms with Crippen molar-refractivity contribution < 1.29 is 19.4 Å². The summed E-state index contributed by atoms with van der Waals surface area (Å²) in [7, 11) is 2.08. The molecule has 1 heterocycles. The van der Waals surface area contributed by atoms with Crippen molar-refractivity contribution in [3.05, 3.63) is 29.8 Å². The fourth-order valence-corrected chi connectivity index (χ4v) is 2.26. The Balaban J connectivity index is 1.61. The van der Waals surface area contributed by atoms with E-state index >= 15 is 0 Å². The van der Waals surface area contributed by atoms with Crippen LogP contribution in [0, 0.1) is 0 Å². The Morgan fingerprint density at radius 2 is 1.95 bits per heavy atom. The lowest BCUT2D eigenvalue weighted by Gasteiger charge is -2.28. The Hall–Kier alpha value is -1.63. The van der Waals surface area contributed by atoms with Gasteiger partial charge >= 0.3 is 5.97 Å². The monoisotopic (exact) mass is 308 g/mol. The van der Waals surface area contributed by atoms with E-state index in [-0.39, 0.29) is 5.56 Å². The van der Waals surface area contributed by atoms with Gasteiger partial charge in [-0.05, 0) is 31.3 Å². The molecule has 1 aromatic rings. The third-order valence-electron chi connectivity index (χ3n) is 3.74. The molecule has 0 aliphatic carbocycles. The van der Waals surface area contributed by atoms with E-state index in [1.807, 2.05) is 0 Å². The molecular formula is C16H24N2O4. The zero-order valence-electron chi connectivity index (χ0n) is 13.0. The Bertz CT molecular complexity index is 458. The third kappa shape index (κ3) is 5.63. The van der Waals surface area contributed by atoms with Gasteiger partial charge in [-0.1, -0.05) is 0 Å². The summed E-state index contributed by atoms with van der Waals surface area (Å²) in [6, 6.07) is 6.49. The highest BCUT2D eigenvalue weighted by Gasteiger charge is 2.10. The molecule has 1 fully saturated rings. The average Bonchev–Trinajstić information content (AvgIpc) is 2.54. The van der Waals surface area contributed by atoms with E-state index in [0.717, 1.165) is 45.9 Å². The van der Waals surface area contributed by atoms with Gasteiger partial charge in [0.25, 0.3) is 0 Å². The van der Waals surface area contributed by atoms with Crippen LogP contribution < -0.4 is 4.74 Å². The maximum Gasteiger partial charge on any atom is 0.335 e. The number of likely N-dealkylation sites (N-methyl/N-ethyl adjacent to an activating group) is 1. The fraction of sp³-hybridized carbons (Fsp3) is 0.562. The van der Waals surface area contributed by atoms with Crippen molar-refractivity contribution in [2.75, 3.05) is 59.6 Å². The second kappa shape index (κ2) is 8.73. The Labute approximate surface area is 131 Å². The maximum absolute atomic E-state index is 10.8. The van der Waals surface area contributed by atoms with Crippen LogP contribution in [-0.2, 0) is 4.74 Å². The van der Waals surface area contributed by atoms with E-state index in [0.29, 0.717) is 12.4 Å². The minimum atomic E-state index is -0.922. The molecule has 0 radical (unpaired) electrons. The first kappa shape index (κ1) is 16.7. The van der Waals surface area contributed by atoms with Gasteiger partial charge in [0.15, 0.2) is 0 Å². The predicted molar refractivity (Wildman–Crippen MR) is 83.7 cm³/mol. The highest BCUT2D eigenvalue weighted by Crippen LogP contribution is 2.12. The molecule has 1 aliphatic heterocycles. The number of ether oxygens (including phenoxy) is 2. The van der Waals surface area contributed by atoms with Crippen LogP contribution in [0.5, 0.6) is 5.75 Å². The highest BCUT2D eigenvalue weighted by molar-refractivity contribution is 5.87. The second-order valence-electron chi connectivity index (χ2n) is 5.44. The summed E-state index contributed by atoms with van der Waals surface area (Å²) >= 11 is 0. The van der Waals surface area contributed by atoms with Gasteiger partial charge in [0.1, 0.15) is 12.4 Å². The molecular weight excluding hydrogens is 284 g/mol. The van der Waals surface area contributed by atoms with Crippen molar-refractivity contribution >= 4 is 5.97 Å². The molecule has 6 heteroatoms. The van der Waals surface area contributed by atoms with Crippen LogP contribution in [0.3, 0.4) is 0 Å². The first-order valence-corrected chi connectivity index (χ1v) is 7.60. The molecule has 0 spiro atoms. The summed E-state index contributed by atoms with van der Waals surface area (Å²) in [4.78, 5) is 15.4. The zero-order chi connectivity index (χ0) is 15.8. The van der Waals surface area contributed by atoms with E-state index in [2.05, 4.69) is 16.8 Å². The van der Waals surface area contributed by atoms with Crippen LogP contribution in [0.2, 0.25) is 0 Å². The largest absolute Gasteiger partial charge is 0.492 e. The lowest BCUT2D eigenvalue weighted by molar-refractivity contribution is 0.0340. The third-order valence-corrected chi connectivity index (χ3v) is 3.74. The van der Waals surface area contributed by atoms with Gasteiger partial charge in [0.05, 0.1) is 18.8 Å². The minimum absolute atomic E-state index is 0.273. The number of morpholine rings is 1. The maximum atomic E-state index is 10.8. The number of aromatic carboxylic acids is 1. The SMILES string of the molecule is CN(CCOc1ccc(C(=O)O)cc1)CCN1CCOCC1. The first-order valence-electron chi connectivity index (χ1n) is 7.60. The van der Waals surface area contributed by atoms with Gasteiger partial charge in [0, 0.05) is 32.7 Å². The molecule has 22 heavy (non-hydrogen) atoms. The number of carboxylic acids is 1. The van der Waals surface area contributed by atoms with Crippen molar-refractivity contribution in [1.29, 1.82) is 0 Å². The van der Waals surface area contributed by atoms with Gasteiger partial charge in [-0.25, -0.2) is 4.79 Å². The van der Waals surface area contributed by atoms with E-state index in [1.54, 1.807) is 24.3 Å². The van der Waals surface area contributed by atoms with Gasteiger partial charge in [-0.2, -0.15) is 0 Å². The fourth-order valence-electron chi connectivity index (χ4n) is 2.26. The van der Waals surface area contributed by atoms with Crippen LogP contribution in [0.25, 0.3) is 0 Å². The lowest BCUT2D eigenvalue weighted by atomic mass is 10.2. The van der Waals surface area contributed by atoms with Crippen molar-refractivity contribution in [1.82, 2.24) is 9.80 Å². The number of benzene rings is 1. The molecule has 1 saturated heterocycles. The van der Waals surface area contributed by atoms with Crippen LogP contribution in [-0.4, -0.2) is 80.5 Å². The van der Waals surface area contributed by atoms with Crippen LogP contribution in [0.4, 0.5) is 0 Å². The molecule has 0 atom stereocenters. The molecule has 0 saturated carbocycles.